The van der Waals surface area contributed by atoms with E-state index in [0.29, 0.717) is 0 Å². The van der Waals surface area contributed by atoms with Crippen molar-refractivity contribution < 1.29 is 17.9 Å². The Morgan fingerprint density at radius 3 is 2.55 bits per heavy atom. The molecule has 156 valence electrons. The molecule has 6 nitrogen and oxygen atoms in total. The summed E-state index contributed by atoms with van der Waals surface area (Å²) in [6, 6.07) is 12.3. The molecule has 1 fully saturated rings. The highest BCUT2D eigenvalue weighted by Crippen LogP contribution is 2.34. The van der Waals surface area contributed by atoms with Crippen LogP contribution in [0.25, 0.3) is 0 Å². The molecule has 0 bridgehead atoms. The van der Waals surface area contributed by atoms with Crippen molar-refractivity contribution in [2.45, 2.75) is 48.4 Å². The van der Waals surface area contributed by atoms with Crippen LogP contribution in [0.15, 0.2) is 58.3 Å². The van der Waals surface area contributed by atoms with E-state index < -0.39 is 21.8 Å². The number of hydrogen-bond donors (Lipinski definition) is 2. The van der Waals surface area contributed by atoms with E-state index in [1.165, 1.54) is 6.07 Å². The number of carbonyl (C=O) groups excluding carboxylic acids is 1. The van der Waals surface area contributed by atoms with Gasteiger partial charge in [-0.25, -0.2) is 13.2 Å². The van der Waals surface area contributed by atoms with Crippen molar-refractivity contribution in [3.8, 4) is 5.75 Å². The fourth-order valence-corrected chi connectivity index (χ4v) is 4.72. The lowest BCUT2D eigenvalue weighted by atomic mass is 9.97. The summed E-state index contributed by atoms with van der Waals surface area (Å²) in [5.41, 5.74) is 6.86. The molecule has 1 heterocycles. The van der Waals surface area contributed by atoms with Gasteiger partial charge in [0.1, 0.15) is 11.8 Å². The maximum Gasteiger partial charge on any atom is 0.328 e. The Morgan fingerprint density at radius 1 is 1.21 bits per heavy atom. The number of esters is 1. The first-order valence-corrected chi connectivity index (χ1v) is 11.4. The molecule has 1 aliphatic rings. The summed E-state index contributed by atoms with van der Waals surface area (Å²) in [5.74, 6) is -0.137. The minimum Gasteiger partial charge on any atom is -0.425 e. The molecule has 0 spiro atoms. The van der Waals surface area contributed by atoms with E-state index in [1.54, 1.807) is 42.5 Å². The van der Waals surface area contributed by atoms with Crippen LogP contribution in [0.1, 0.15) is 38.2 Å². The van der Waals surface area contributed by atoms with E-state index in [-0.39, 0.29) is 27.4 Å². The Morgan fingerprint density at radius 2 is 1.93 bits per heavy atom. The molecule has 1 aliphatic heterocycles. The standard InChI is InChI=1S/C22H28N2O4S/c1-3-15(2)21(23)22(25)28-20-13-18(9-10-19(20)16-11-12-24-14-16)29(26,27)17-7-5-4-6-8-17/h4-10,13,15-16,21,24H,3,11-12,14,23H2,1-2H3/t15?,16?,21-/m0/s1. The highest BCUT2D eigenvalue weighted by Gasteiger charge is 2.27. The van der Waals surface area contributed by atoms with Crippen LogP contribution in [0.3, 0.4) is 0 Å². The number of carbonyl (C=O) groups is 1. The largest absolute Gasteiger partial charge is 0.425 e. The summed E-state index contributed by atoms with van der Waals surface area (Å²) >= 11 is 0. The molecule has 2 aromatic rings. The Labute approximate surface area is 172 Å². The van der Waals surface area contributed by atoms with Crippen molar-refractivity contribution in [3.05, 3.63) is 54.1 Å². The van der Waals surface area contributed by atoms with Crippen molar-refractivity contribution in [3.63, 3.8) is 0 Å². The highest BCUT2D eigenvalue weighted by molar-refractivity contribution is 7.91. The summed E-state index contributed by atoms with van der Waals surface area (Å²) in [7, 11) is -3.72. The summed E-state index contributed by atoms with van der Waals surface area (Å²) < 4.78 is 31.7. The predicted molar refractivity (Wildman–Crippen MR) is 112 cm³/mol. The molecule has 2 unspecified atom stereocenters. The third-order valence-corrected chi connectivity index (χ3v) is 7.36. The molecular weight excluding hydrogens is 388 g/mol. The molecule has 29 heavy (non-hydrogen) atoms. The predicted octanol–water partition coefficient (Wildman–Crippen LogP) is 2.88. The Kier molecular flexibility index (Phi) is 6.72. The molecule has 0 saturated carbocycles. The van der Waals surface area contributed by atoms with Crippen LogP contribution < -0.4 is 15.8 Å². The van der Waals surface area contributed by atoms with Crippen LogP contribution in [-0.4, -0.2) is 33.5 Å². The van der Waals surface area contributed by atoms with Crippen molar-refractivity contribution in [1.82, 2.24) is 5.32 Å². The molecule has 2 aromatic carbocycles. The lowest BCUT2D eigenvalue weighted by Gasteiger charge is -2.20. The second-order valence-corrected chi connectivity index (χ2v) is 9.49. The normalized spacial score (nSPS) is 18.9. The third kappa shape index (κ3) is 4.69. The fourth-order valence-electron chi connectivity index (χ4n) is 3.43. The minimum absolute atomic E-state index is 0.0321. The number of benzene rings is 2. The van der Waals surface area contributed by atoms with Gasteiger partial charge in [0.2, 0.25) is 9.84 Å². The van der Waals surface area contributed by atoms with Crippen LogP contribution >= 0.6 is 0 Å². The van der Waals surface area contributed by atoms with Gasteiger partial charge in [0.05, 0.1) is 9.79 Å². The maximum atomic E-state index is 13.0. The number of sulfone groups is 1. The van der Waals surface area contributed by atoms with Gasteiger partial charge in [-0.1, -0.05) is 44.5 Å². The smallest absolute Gasteiger partial charge is 0.328 e. The Hall–Kier alpha value is -2.22. The van der Waals surface area contributed by atoms with Crippen molar-refractivity contribution in [1.29, 1.82) is 0 Å². The highest BCUT2D eigenvalue weighted by atomic mass is 32.2. The van der Waals surface area contributed by atoms with Gasteiger partial charge in [-0.3, -0.25) is 0 Å². The average molecular weight is 417 g/mol. The summed E-state index contributed by atoms with van der Waals surface area (Å²) in [5, 5.41) is 3.29. The first-order valence-electron chi connectivity index (χ1n) is 9.96. The molecule has 0 aliphatic carbocycles. The second-order valence-electron chi connectivity index (χ2n) is 7.54. The molecule has 3 atom stereocenters. The van der Waals surface area contributed by atoms with Gasteiger partial charge in [-0.05, 0) is 42.6 Å². The van der Waals surface area contributed by atoms with Crippen LogP contribution in [0.2, 0.25) is 0 Å². The maximum absolute atomic E-state index is 13.0. The molecule has 0 radical (unpaired) electrons. The number of hydrogen-bond acceptors (Lipinski definition) is 6. The zero-order valence-corrected chi connectivity index (χ0v) is 17.6. The van der Waals surface area contributed by atoms with Crippen molar-refractivity contribution in [2.75, 3.05) is 13.1 Å². The van der Waals surface area contributed by atoms with Gasteiger partial charge < -0.3 is 15.8 Å². The SMILES string of the molecule is CCC(C)[C@H](N)C(=O)Oc1cc(S(=O)(=O)c2ccccc2)ccc1C1CCNC1. The van der Waals surface area contributed by atoms with E-state index in [2.05, 4.69) is 5.32 Å². The van der Waals surface area contributed by atoms with E-state index in [9.17, 15) is 13.2 Å². The van der Waals surface area contributed by atoms with Gasteiger partial charge in [0.15, 0.2) is 0 Å². The molecule has 0 aromatic heterocycles. The van der Waals surface area contributed by atoms with Gasteiger partial charge in [0, 0.05) is 18.5 Å². The molecule has 3 N–H and O–H groups in total. The molecule has 3 rings (SSSR count). The number of ether oxygens (including phenoxy) is 1. The number of rotatable bonds is 7. The number of nitrogens with two attached hydrogens (primary N) is 1. The monoisotopic (exact) mass is 416 g/mol. The summed E-state index contributed by atoms with van der Waals surface area (Å²) in [6.07, 6.45) is 1.64. The number of nitrogens with one attached hydrogen (secondary N) is 1. The van der Waals surface area contributed by atoms with E-state index in [1.807, 2.05) is 13.8 Å². The molecule has 0 amide bonds. The zero-order chi connectivity index (χ0) is 21.0. The van der Waals surface area contributed by atoms with Gasteiger partial charge in [-0.15, -0.1) is 0 Å². The van der Waals surface area contributed by atoms with Gasteiger partial charge >= 0.3 is 5.97 Å². The van der Waals surface area contributed by atoms with E-state index in [4.69, 9.17) is 10.5 Å². The molecule has 7 heteroatoms. The van der Waals surface area contributed by atoms with Crippen molar-refractivity contribution in [2.24, 2.45) is 11.7 Å². The fraction of sp³-hybridized carbons (Fsp3) is 0.409. The van der Waals surface area contributed by atoms with Crippen LogP contribution in [0.4, 0.5) is 0 Å². The second kappa shape index (κ2) is 9.07. The van der Waals surface area contributed by atoms with E-state index >= 15 is 0 Å². The Bertz CT molecular complexity index is 954. The lowest BCUT2D eigenvalue weighted by Crippen LogP contribution is -2.39. The van der Waals surface area contributed by atoms with Crippen LogP contribution in [0, 0.1) is 5.92 Å². The van der Waals surface area contributed by atoms with Crippen LogP contribution in [-0.2, 0) is 14.6 Å². The lowest BCUT2D eigenvalue weighted by molar-refractivity contribution is -0.137. The summed E-state index contributed by atoms with van der Waals surface area (Å²) in [6.45, 7) is 5.48. The Balaban J connectivity index is 1.99. The van der Waals surface area contributed by atoms with Crippen LogP contribution in [0.5, 0.6) is 5.75 Å². The average Bonchev–Trinajstić information content (AvgIpc) is 3.27. The van der Waals surface area contributed by atoms with Crippen molar-refractivity contribution >= 4 is 15.8 Å². The topological polar surface area (TPSA) is 98.5 Å². The molecule has 1 saturated heterocycles. The van der Waals surface area contributed by atoms with E-state index in [0.717, 1.165) is 31.5 Å². The van der Waals surface area contributed by atoms with Gasteiger partial charge in [-0.2, -0.15) is 0 Å². The van der Waals surface area contributed by atoms with Gasteiger partial charge in [0.25, 0.3) is 0 Å². The third-order valence-electron chi connectivity index (χ3n) is 5.59. The summed E-state index contributed by atoms with van der Waals surface area (Å²) in [4.78, 5) is 12.9. The minimum atomic E-state index is -3.72. The molecular formula is C22H28N2O4S. The quantitative estimate of drug-likeness (QED) is 0.532. The first kappa shape index (κ1) is 21.5. The first-order chi connectivity index (χ1) is 13.8. The zero-order valence-electron chi connectivity index (χ0n) is 16.8.